The summed E-state index contributed by atoms with van der Waals surface area (Å²) in [6.07, 6.45) is 1.89. The first-order valence-corrected chi connectivity index (χ1v) is 6.50. The smallest absolute Gasteiger partial charge is 0.123 e. The maximum Gasteiger partial charge on any atom is 0.123 e. The molecule has 1 aliphatic rings. The fourth-order valence-corrected chi connectivity index (χ4v) is 2.23. The topological polar surface area (TPSA) is 32.7 Å². The van der Waals surface area contributed by atoms with Crippen LogP contribution in [0.5, 0.6) is 0 Å². The van der Waals surface area contributed by atoms with Crippen molar-refractivity contribution >= 4 is 0 Å². The molecular weight excluding hydrogens is 233 g/mol. The van der Waals surface area contributed by atoms with Crippen LogP contribution in [0.4, 0.5) is 4.39 Å². The quantitative estimate of drug-likeness (QED) is 0.814. The molecule has 0 aliphatic carbocycles. The van der Waals surface area contributed by atoms with Gasteiger partial charge in [-0.05, 0) is 37.1 Å². The molecule has 0 spiro atoms. The molecule has 0 radical (unpaired) electrons. The van der Waals surface area contributed by atoms with Gasteiger partial charge < -0.3 is 9.84 Å². The van der Waals surface area contributed by atoms with Crippen molar-refractivity contribution in [2.45, 2.75) is 18.9 Å². The van der Waals surface area contributed by atoms with E-state index in [2.05, 4.69) is 4.90 Å². The molecule has 1 N–H and O–H groups in total. The lowest BCUT2D eigenvalue weighted by atomic mass is 10.1. The van der Waals surface area contributed by atoms with Gasteiger partial charge in [0.1, 0.15) is 5.82 Å². The minimum absolute atomic E-state index is 0.0356. The lowest BCUT2D eigenvalue weighted by Gasteiger charge is -2.33. The Bertz CT molecular complexity index is 355. The normalized spacial score (nSPS) is 21.1. The molecule has 1 heterocycles. The Morgan fingerprint density at radius 3 is 2.78 bits per heavy atom. The van der Waals surface area contributed by atoms with Crippen molar-refractivity contribution in [1.82, 2.24) is 4.90 Å². The first kappa shape index (κ1) is 13.5. The maximum atomic E-state index is 12.9. The van der Waals surface area contributed by atoms with Crippen LogP contribution in [-0.2, 0) is 4.74 Å². The van der Waals surface area contributed by atoms with E-state index in [1.54, 1.807) is 12.1 Å². The van der Waals surface area contributed by atoms with E-state index in [4.69, 9.17) is 9.84 Å². The Kier molecular flexibility index (Phi) is 5.11. The third-order valence-corrected chi connectivity index (χ3v) is 3.27. The number of ether oxygens (including phenoxy) is 1. The van der Waals surface area contributed by atoms with Crippen LogP contribution in [0.3, 0.4) is 0 Å². The Labute approximate surface area is 107 Å². The van der Waals surface area contributed by atoms with E-state index in [0.29, 0.717) is 6.61 Å². The molecular formula is C14H20FNO2. The van der Waals surface area contributed by atoms with E-state index in [-0.39, 0.29) is 18.5 Å². The van der Waals surface area contributed by atoms with Crippen molar-refractivity contribution in [2.24, 2.45) is 0 Å². The SMILES string of the molecule is OCCCCN1CCO[C@@H](c2ccc(F)cc2)C1. The van der Waals surface area contributed by atoms with Gasteiger partial charge in [-0.15, -0.1) is 0 Å². The fraction of sp³-hybridized carbons (Fsp3) is 0.571. The molecule has 0 amide bonds. The van der Waals surface area contributed by atoms with Gasteiger partial charge in [0.2, 0.25) is 0 Å². The summed E-state index contributed by atoms with van der Waals surface area (Å²) in [5.74, 6) is -0.214. The minimum Gasteiger partial charge on any atom is -0.396 e. The molecule has 3 nitrogen and oxygen atoms in total. The van der Waals surface area contributed by atoms with Gasteiger partial charge in [0.15, 0.2) is 0 Å². The van der Waals surface area contributed by atoms with Crippen molar-refractivity contribution in [3.8, 4) is 0 Å². The zero-order valence-electron chi connectivity index (χ0n) is 10.5. The maximum absolute atomic E-state index is 12.9. The highest BCUT2D eigenvalue weighted by molar-refractivity contribution is 5.19. The number of aliphatic hydroxyl groups excluding tert-OH is 1. The van der Waals surface area contributed by atoms with Crippen molar-refractivity contribution in [1.29, 1.82) is 0 Å². The van der Waals surface area contributed by atoms with E-state index >= 15 is 0 Å². The molecule has 0 unspecified atom stereocenters. The Balaban J connectivity index is 1.88. The number of hydrogen-bond acceptors (Lipinski definition) is 3. The Morgan fingerprint density at radius 1 is 1.28 bits per heavy atom. The zero-order chi connectivity index (χ0) is 12.8. The third kappa shape index (κ3) is 3.77. The third-order valence-electron chi connectivity index (χ3n) is 3.27. The monoisotopic (exact) mass is 253 g/mol. The van der Waals surface area contributed by atoms with Gasteiger partial charge in [0.05, 0.1) is 12.7 Å². The zero-order valence-corrected chi connectivity index (χ0v) is 10.5. The summed E-state index contributed by atoms with van der Waals surface area (Å²) in [5.41, 5.74) is 1.03. The van der Waals surface area contributed by atoms with E-state index < -0.39 is 0 Å². The van der Waals surface area contributed by atoms with Crippen LogP contribution < -0.4 is 0 Å². The lowest BCUT2D eigenvalue weighted by molar-refractivity contribution is -0.0306. The Morgan fingerprint density at radius 2 is 2.06 bits per heavy atom. The van der Waals surface area contributed by atoms with Crippen molar-refractivity contribution in [3.63, 3.8) is 0 Å². The summed E-state index contributed by atoms with van der Waals surface area (Å²) < 4.78 is 18.6. The van der Waals surface area contributed by atoms with Gasteiger partial charge >= 0.3 is 0 Å². The predicted molar refractivity (Wildman–Crippen MR) is 67.9 cm³/mol. The van der Waals surface area contributed by atoms with Crippen molar-refractivity contribution < 1.29 is 14.2 Å². The van der Waals surface area contributed by atoms with Crippen molar-refractivity contribution in [3.05, 3.63) is 35.6 Å². The summed E-state index contributed by atoms with van der Waals surface area (Å²) in [7, 11) is 0. The largest absolute Gasteiger partial charge is 0.396 e. The number of benzene rings is 1. The molecule has 1 aromatic carbocycles. The van der Waals surface area contributed by atoms with Gasteiger partial charge in [0, 0.05) is 19.7 Å². The summed E-state index contributed by atoms with van der Waals surface area (Å²) in [4.78, 5) is 2.34. The average molecular weight is 253 g/mol. The molecule has 0 bridgehead atoms. The first-order chi connectivity index (χ1) is 8.79. The van der Waals surface area contributed by atoms with E-state index in [1.165, 1.54) is 12.1 Å². The van der Waals surface area contributed by atoms with Gasteiger partial charge in [-0.3, -0.25) is 4.90 Å². The standard InChI is InChI=1S/C14H20FNO2/c15-13-5-3-12(4-6-13)14-11-16(8-10-18-14)7-1-2-9-17/h3-6,14,17H,1-2,7-11H2/t14-/m1/s1. The second kappa shape index (κ2) is 6.83. The van der Waals surface area contributed by atoms with E-state index in [9.17, 15) is 4.39 Å². The second-order valence-electron chi connectivity index (χ2n) is 4.64. The van der Waals surface area contributed by atoms with Crippen LogP contribution >= 0.6 is 0 Å². The Hall–Kier alpha value is -0.970. The van der Waals surface area contributed by atoms with E-state index in [1.807, 2.05) is 0 Å². The molecule has 0 saturated carbocycles. The van der Waals surface area contributed by atoms with Gasteiger partial charge in [0.25, 0.3) is 0 Å². The minimum atomic E-state index is -0.214. The number of halogens is 1. The van der Waals surface area contributed by atoms with Crippen LogP contribution in [0.1, 0.15) is 24.5 Å². The highest BCUT2D eigenvalue weighted by Gasteiger charge is 2.21. The molecule has 1 fully saturated rings. The highest BCUT2D eigenvalue weighted by atomic mass is 19.1. The van der Waals surface area contributed by atoms with Gasteiger partial charge in [-0.25, -0.2) is 4.39 Å². The molecule has 1 saturated heterocycles. The molecule has 18 heavy (non-hydrogen) atoms. The summed E-state index contributed by atoms with van der Waals surface area (Å²) >= 11 is 0. The molecule has 1 aromatic rings. The molecule has 2 rings (SSSR count). The van der Waals surface area contributed by atoms with Crippen molar-refractivity contribution in [2.75, 3.05) is 32.8 Å². The first-order valence-electron chi connectivity index (χ1n) is 6.50. The molecule has 100 valence electrons. The summed E-state index contributed by atoms with van der Waals surface area (Å²) in [6, 6.07) is 6.53. The molecule has 1 atom stereocenters. The fourth-order valence-electron chi connectivity index (χ4n) is 2.23. The lowest BCUT2D eigenvalue weighted by Crippen LogP contribution is -2.38. The number of unbranched alkanes of at least 4 members (excludes halogenated alkanes) is 1. The summed E-state index contributed by atoms with van der Waals surface area (Å²) in [6.45, 7) is 3.73. The number of rotatable bonds is 5. The molecule has 0 aromatic heterocycles. The van der Waals surface area contributed by atoms with Crippen LogP contribution in [-0.4, -0.2) is 42.9 Å². The highest BCUT2D eigenvalue weighted by Crippen LogP contribution is 2.22. The average Bonchev–Trinajstić information content (AvgIpc) is 2.40. The van der Waals surface area contributed by atoms with Crippen LogP contribution in [0, 0.1) is 5.82 Å². The van der Waals surface area contributed by atoms with E-state index in [0.717, 1.165) is 38.0 Å². The van der Waals surface area contributed by atoms with Crippen LogP contribution in [0.25, 0.3) is 0 Å². The van der Waals surface area contributed by atoms with Gasteiger partial charge in [-0.2, -0.15) is 0 Å². The second-order valence-corrected chi connectivity index (χ2v) is 4.64. The predicted octanol–water partition coefficient (Wildman–Crippen LogP) is 1.97. The molecule has 1 aliphatic heterocycles. The van der Waals surface area contributed by atoms with Gasteiger partial charge in [-0.1, -0.05) is 12.1 Å². The van der Waals surface area contributed by atoms with Crippen LogP contribution in [0.2, 0.25) is 0 Å². The summed E-state index contributed by atoms with van der Waals surface area (Å²) in [5, 5.41) is 8.77. The number of hydrogen-bond donors (Lipinski definition) is 1. The van der Waals surface area contributed by atoms with Crippen LogP contribution in [0.15, 0.2) is 24.3 Å². The number of aliphatic hydroxyl groups is 1. The number of morpholine rings is 1. The molecule has 4 heteroatoms. The number of nitrogens with zero attached hydrogens (tertiary/aromatic N) is 1.